The van der Waals surface area contributed by atoms with Crippen molar-refractivity contribution in [3.8, 4) is 5.75 Å². The van der Waals surface area contributed by atoms with Gasteiger partial charge in [-0.1, -0.05) is 6.42 Å². The van der Waals surface area contributed by atoms with Gasteiger partial charge in [0.05, 0.1) is 5.56 Å². The zero-order chi connectivity index (χ0) is 26.8. The average Bonchev–Trinajstić information content (AvgIpc) is 2.83. The zero-order valence-electron chi connectivity index (χ0n) is 21.1. The normalized spacial score (nSPS) is 28.1. The van der Waals surface area contributed by atoms with E-state index in [1.165, 1.54) is 0 Å². The highest BCUT2D eigenvalue weighted by Gasteiger charge is 2.59. The van der Waals surface area contributed by atoms with Crippen LogP contribution in [0.15, 0.2) is 28.7 Å². The zero-order valence-corrected chi connectivity index (χ0v) is 21.1. The van der Waals surface area contributed by atoms with E-state index in [2.05, 4.69) is 4.90 Å². The monoisotopic (exact) mass is 511 g/mol. The van der Waals surface area contributed by atoms with Crippen LogP contribution in [0.3, 0.4) is 0 Å². The number of rotatable bonds is 4. The molecule has 198 valence electrons. The molecule has 3 atom stereocenters. The van der Waals surface area contributed by atoms with Crippen molar-refractivity contribution in [3.63, 3.8) is 0 Å². The number of phenolic OH excluding ortho intramolecular Hbond substituents is 1. The number of nitrogens with zero attached hydrogens (tertiary/aromatic N) is 2. The molecule has 1 heterocycles. The number of amides is 1. The Labute approximate surface area is 214 Å². The quantitative estimate of drug-likeness (QED) is 0.378. The van der Waals surface area contributed by atoms with Crippen LogP contribution in [0.1, 0.15) is 53.6 Å². The minimum absolute atomic E-state index is 0.0647. The molecular formula is C27H33N3O7. The molecule has 1 aromatic carbocycles. The third-order valence-electron chi connectivity index (χ3n) is 8.44. The molecule has 1 fully saturated rings. The minimum atomic E-state index is -2.55. The first-order chi connectivity index (χ1) is 17.5. The molecule has 0 saturated carbocycles. The lowest BCUT2D eigenvalue weighted by Gasteiger charge is -2.46. The van der Waals surface area contributed by atoms with Crippen LogP contribution < -0.4 is 10.6 Å². The first kappa shape index (κ1) is 25.3. The summed E-state index contributed by atoms with van der Waals surface area (Å²) in [5.41, 5.74) is 3.88. The van der Waals surface area contributed by atoms with Crippen molar-refractivity contribution in [2.45, 2.75) is 50.7 Å². The fourth-order valence-corrected chi connectivity index (χ4v) is 6.60. The molecule has 10 heteroatoms. The summed E-state index contributed by atoms with van der Waals surface area (Å²) in [6.07, 6.45) is 3.47. The fourth-order valence-electron chi connectivity index (χ4n) is 6.60. The van der Waals surface area contributed by atoms with Crippen LogP contribution in [0.25, 0.3) is 0 Å². The van der Waals surface area contributed by atoms with Gasteiger partial charge < -0.3 is 31.1 Å². The van der Waals surface area contributed by atoms with Crippen LogP contribution in [-0.4, -0.2) is 75.6 Å². The third-order valence-corrected chi connectivity index (χ3v) is 8.44. The highest BCUT2D eigenvalue weighted by atomic mass is 16.3. The van der Waals surface area contributed by atoms with E-state index in [1.54, 1.807) is 0 Å². The Balaban J connectivity index is 1.64. The van der Waals surface area contributed by atoms with E-state index in [1.807, 2.05) is 25.1 Å². The Bertz CT molecular complexity index is 1280. The first-order valence-corrected chi connectivity index (χ1v) is 12.7. The number of hydrogen-bond acceptors (Lipinski definition) is 9. The molecule has 10 nitrogen and oxygen atoms in total. The van der Waals surface area contributed by atoms with Gasteiger partial charge in [-0.25, -0.2) is 0 Å². The Kier molecular flexibility index (Phi) is 6.07. The molecule has 1 saturated heterocycles. The second-order valence-electron chi connectivity index (χ2n) is 10.9. The van der Waals surface area contributed by atoms with Gasteiger partial charge in [0.1, 0.15) is 22.8 Å². The Hall–Kier alpha value is -3.37. The number of piperidine rings is 1. The molecule has 37 heavy (non-hydrogen) atoms. The number of likely N-dealkylation sites (tertiary alicyclic amines) is 1. The molecule has 6 N–H and O–H groups in total. The van der Waals surface area contributed by atoms with Gasteiger partial charge in [0.15, 0.2) is 11.4 Å². The lowest BCUT2D eigenvalue weighted by Crippen LogP contribution is -2.57. The topological polar surface area (TPSA) is 165 Å². The van der Waals surface area contributed by atoms with Gasteiger partial charge in [0.2, 0.25) is 5.78 Å². The summed E-state index contributed by atoms with van der Waals surface area (Å²) >= 11 is 0. The number of phenols is 1. The van der Waals surface area contributed by atoms with Crippen molar-refractivity contribution in [3.05, 3.63) is 45.4 Å². The van der Waals surface area contributed by atoms with E-state index in [9.17, 15) is 34.8 Å². The number of nitrogens with two attached hydrogens (primary N) is 1. The van der Waals surface area contributed by atoms with Crippen LogP contribution in [0.5, 0.6) is 5.75 Å². The van der Waals surface area contributed by atoms with E-state index >= 15 is 0 Å². The number of fused-ring (bicyclic) bond motifs is 3. The molecule has 4 aliphatic rings. The summed E-state index contributed by atoms with van der Waals surface area (Å²) in [5, 5.41) is 44.3. The predicted octanol–water partition coefficient (Wildman–Crippen LogP) is 1.63. The number of anilines is 1. The molecule has 1 amide bonds. The largest absolute Gasteiger partial charge is 0.511 e. The van der Waals surface area contributed by atoms with Gasteiger partial charge >= 0.3 is 0 Å². The number of carbonyl (C=O) groups excluding carboxylic acids is 3. The van der Waals surface area contributed by atoms with Gasteiger partial charge in [0.25, 0.3) is 5.91 Å². The number of Topliss-reactive ketones (excluding diaryl/α,β-unsaturated/α-hetero) is 2. The van der Waals surface area contributed by atoms with Crippen LogP contribution >= 0.6 is 0 Å². The van der Waals surface area contributed by atoms with E-state index in [0.29, 0.717) is 24.1 Å². The number of allylic oxidation sites excluding steroid dienone is 2. The number of carbonyl (C=O) groups is 3. The summed E-state index contributed by atoms with van der Waals surface area (Å²) in [7, 11) is 3.72. The molecular weight excluding hydrogens is 478 g/mol. The number of ketones is 2. The molecule has 1 aromatic rings. The van der Waals surface area contributed by atoms with Crippen LogP contribution in [0.4, 0.5) is 5.69 Å². The van der Waals surface area contributed by atoms with Gasteiger partial charge in [-0.2, -0.15) is 0 Å². The van der Waals surface area contributed by atoms with Crippen LogP contribution in [-0.2, 0) is 22.6 Å². The number of hydrogen-bond donors (Lipinski definition) is 5. The van der Waals surface area contributed by atoms with E-state index in [0.717, 1.165) is 38.0 Å². The van der Waals surface area contributed by atoms with Crippen molar-refractivity contribution in [2.24, 2.45) is 17.6 Å². The van der Waals surface area contributed by atoms with Crippen LogP contribution in [0, 0.1) is 11.8 Å². The van der Waals surface area contributed by atoms with Gasteiger partial charge in [-0.3, -0.25) is 19.3 Å². The SMILES string of the molecule is CN(C)c1cc(CN2CCCCC2)c(O)c2c1C[C@H]1C[C@H]3CC(O)=C(C(N)=O)C(=O)[C@@]3(O)C(O)=C1C2=O. The summed E-state index contributed by atoms with van der Waals surface area (Å²) in [6, 6.07) is 1.90. The highest BCUT2D eigenvalue weighted by Crippen LogP contribution is 2.52. The van der Waals surface area contributed by atoms with Crippen molar-refractivity contribution >= 4 is 23.2 Å². The second-order valence-corrected chi connectivity index (χ2v) is 10.9. The summed E-state index contributed by atoms with van der Waals surface area (Å²) < 4.78 is 0. The minimum Gasteiger partial charge on any atom is -0.511 e. The molecule has 0 unspecified atom stereocenters. The Morgan fingerprint density at radius 1 is 1.14 bits per heavy atom. The van der Waals surface area contributed by atoms with Crippen molar-refractivity contribution in [1.82, 2.24) is 4.90 Å². The van der Waals surface area contributed by atoms with Crippen molar-refractivity contribution < 1.29 is 34.8 Å². The lowest BCUT2D eigenvalue weighted by molar-refractivity contribution is -0.144. The molecule has 1 aliphatic heterocycles. The Morgan fingerprint density at radius 3 is 2.43 bits per heavy atom. The van der Waals surface area contributed by atoms with Crippen LogP contribution in [0.2, 0.25) is 0 Å². The summed E-state index contributed by atoms with van der Waals surface area (Å²) in [4.78, 5) is 43.0. The number of primary amides is 1. The maximum Gasteiger partial charge on any atom is 0.255 e. The summed E-state index contributed by atoms with van der Waals surface area (Å²) in [5.74, 6) is -6.09. The number of aliphatic hydroxyl groups excluding tert-OH is 2. The molecule has 0 radical (unpaired) electrons. The maximum absolute atomic E-state index is 13.9. The number of aromatic hydroxyl groups is 1. The second kappa shape index (κ2) is 8.88. The lowest BCUT2D eigenvalue weighted by atomic mass is 9.60. The standard InChI is InChI=1S/C27H33N3O7/c1-29(2)17-10-14(12-30-6-4-3-5-7-30)22(32)20-16(17)9-13-8-15-11-18(31)21(26(28)36)25(35)27(15,37)24(34)19(13)23(20)33/h10,13,15,31-32,34,37H,3-9,11-12H2,1-2H3,(H2,28,36)/t13-,15+,27+/m1/s1. The maximum atomic E-state index is 13.9. The smallest absolute Gasteiger partial charge is 0.255 e. The highest BCUT2D eigenvalue weighted by molar-refractivity contribution is 6.24. The van der Waals surface area contributed by atoms with E-state index in [4.69, 9.17) is 5.73 Å². The van der Waals surface area contributed by atoms with E-state index in [-0.39, 0.29) is 29.7 Å². The number of aliphatic hydroxyl groups is 3. The third kappa shape index (κ3) is 3.73. The molecule has 0 aromatic heterocycles. The first-order valence-electron chi connectivity index (χ1n) is 12.7. The van der Waals surface area contributed by atoms with Crippen molar-refractivity contribution in [2.75, 3.05) is 32.1 Å². The molecule has 3 aliphatic carbocycles. The predicted molar refractivity (Wildman–Crippen MR) is 134 cm³/mol. The molecule has 0 bridgehead atoms. The molecule has 5 rings (SSSR count). The average molecular weight is 512 g/mol. The van der Waals surface area contributed by atoms with Gasteiger partial charge in [-0.15, -0.1) is 0 Å². The fraction of sp³-hybridized carbons (Fsp3) is 0.519. The van der Waals surface area contributed by atoms with Gasteiger partial charge in [-0.05, 0) is 56.3 Å². The summed E-state index contributed by atoms with van der Waals surface area (Å²) in [6.45, 7) is 2.27. The Morgan fingerprint density at radius 2 is 1.81 bits per heavy atom. The molecule has 0 spiro atoms. The van der Waals surface area contributed by atoms with E-state index < -0.39 is 52.0 Å². The van der Waals surface area contributed by atoms with Gasteiger partial charge in [0, 0.05) is 49.8 Å². The van der Waals surface area contributed by atoms with Crippen molar-refractivity contribution in [1.29, 1.82) is 0 Å². The number of benzene rings is 1.